The van der Waals surface area contributed by atoms with Crippen LogP contribution in [0.4, 0.5) is 0 Å². The van der Waals surface area contributed by atoms with Crippen molar-refractivity contribution in [2.75, 3.05) is 6.26 Å². The molecule has 128 valence electrons. The monoisotopic (exact) mass is 353 g/mol. The van der Waals surface area contributed by atoms with Gasteiger partial charge in [0.25, 0.3) is 0 Å². The second-order valence-electron chi connectivity index (χ2n) is 5.63. The maximum Gasteiger partial charge on any atom is 0.0998 e. The first kappa shape index (κ1) is 17.1. The average molecular weight is 353 g/mol. The first-order valence-electron chi connectivity index (χ1n) is 7.75. The van der Waals surface area contributed by atoms with Crippen LogP contribution in [-0.2, 0) is 17.8 Å². The Morgan fingerprint density at radius 2 is 1.88 bits per heavy atom. The van der Waals surface area contributed by atoms with Crippen LogP contribution in [0.5, 0.6) is 0 Å². The Hall–Kier alpha value is -2.73. The van der Waals surface area contributed by atoms with Gasteiger partial charge in [0.2, 0.25) is 0 Å². The molecular formula is C19H19N3O2S. The van der Waals surface area contributed by atoms with Gasteiger partial charge in [0.15, 0.2) is 0 Å². The van der Waals surface area contributed by atoms with E-state index in [9.17, 15) is 4.21 Å². The summed E-state index contributed by atoms with van der Waals surface area (Å²) < 4.78 is 18.8. The van der Waals surface area contributed by atoms with Gasteiger partial charge in [-0.05, 0) is 36.8 Å². The molecule has 1 aromatic carbocycles. The van der Waals surface area contributed by atoms with Gasteiger partial charge in [0.1, 0.15) is 0 Å². The van der Waals surface area contributed by atoms with Gasteiger partial charge in [-0.15, -0.1) is 0 Å². The molecule has 0 bridgehead atoms. The Morgan fingerprint density at radius 1 is 1.12 bits per heavy atom. The summed E-state index contributed by atoms with van der Waals surface area (Å²) in [6, 6.07) is 11.3. The summed E-state index contributed by atoms with van der Waals surface area (Å²) in [5.41, 5.74) is 4.39. The van der Waals surface area contributed by atoms with E-state index in [1.807, 2.05) is 56.6 Å². The second kappa shape index (κ2) is 7.44. The predicted octanol–water partition coefficient (Wildman–Crippen LogP) is 3.91. The Labute approximate surface area is 149 Å². The van der Waals surface area contributed by atoms with E-state index in [-0.39, 0.29) is 0 Å². The normalized spacial score (nSPS) is 11.8. The fourth-order valence-corrected chi connectivity index (χ4v) is 2.98. The second-order valence-corrected chi connectivity index (χ2v) is 7.01. The third kappa shape index (κ3) is 4.03. The first-order chi connectivity index (χ1) is 12.0. The van der Waals surface area contributed by atoms with Crippen molar-refractivity contribution in [3.05, 3.63) is 67.0 Å². The summed E-state index contributed by atoms with van der Waals surface area (Å²) in [7, 11) is 0.876. The number of nitrogens with zero attached hydrogens (tertiary/aromatic N) is 3. The summed E-state index contributed by atoms with van der Waals surface area (Å²) in [6.07, 6.45) is 8.65. The molecule has 0 spiro atoms. The zero-order valence-electron chi connectivity index (χ0n) is 14.3. The van der Waals surface area contributed by atoms with Gasteiger partial charge in [-0.25, -0.2) is 0 Å². The lowest BCUT2D eigenvalue weighted by Gasteiger charge is -2.04. The highest BCUT2D eigenvalue weighted by Gasteiger charge is 2.06. The molecule has 2 heterocycles. The molecule has 0 fully saturated rings. The van der Waals surface area contributed by atoms with E-state index in [4.69, 9.17) is 9.40 Å². The van der Waals surface area contributed by atoms with Crippen molar-refractivity contribution in [3.63, 3.8) is 0 Å². The highest BCUT2D eigenvalue weighted by Crippen LogP contribution is 2.23. The van der Waals surface area contributed by atoms with Crippen molar-refractivity contribution < 1.29 is 8.63 Å². The molecule has 2 aromatic heterocycles. The SMILES string of the molecule is Cc1nc(-c2cnn(C)c2)cccocc1-c1ccc(S(C)=O)cc1. The van der Waals surface area contributed by atoms with Gasteiger partial charge >= 0.3 is 0 Å². The molecule has 0 saturated heterocycles. The number of aromatic nitrogens is 3. The van der Waals surface area contributed by atoms with Crippen LogP contribution in [0.25, 0.3) is 22.4 Å². The Morgan fingerprint density at radius 3 is 2.52 bits per heavy atom. The molecule has 0 radical (unpaired) electrons. The molecule has 1 atom stereocenters. The zero-order chi connectivity index (χ0) is 17.8. The summed E-state index contributed by atoms with van der Waals surface area (Å²) in [5.74, 6) is 0. The third-order valence-electron chi connectivity index (χ3n) is 3.77. The van der Waals surface area contributed by atoms with E-state index in [2.05, 4.69) is 5.10 Å². The molecule has 25 heavy (non-hydrogen) atoms. The van der Waals surface area contributed by atoms with Gasteiger partial charge < -0.3 is 4.42 Å². The number of hydrogen-bond acceptors (Lipinski definition) is 4. The number of aryl methyl sites for hydroxylation is 2. The lowest BCUT2D eigenvalue weighted by Crippen LogP contribution is -1.89. The standard InChI is InChI=1S/C19H19N3O2S/c1-14-18(15-6-8-17(9-7-15)25(3)23)13-24-10-4-5-19(21-14)16-11-20-22(2)12-16/h4-13H,1-3H3. The van der Waals surface area contributed by atoms with Crippen molar-refractivity contribution in [1.82, 2.24) is 14.8 Å². The van der Waals surface area contributed by atoms with Gasteiger partial charge in [-0.3, -0.25) is 13.9 Å². The Bertz CT molecular complexity index is 957. The summed E-state index contributed by atoms with van der Waals surface area (Å²) in [5, 5.41) is 4.21. The van der Waals surface area contributed by atoms with Crippen LogP contribution in [-0.4, -0.2) is 25.2 Å². The Balaban J connectivity index is 2.13. The van der Waals surface area contributed by atoms with E-state index >= 15 is 0 Å². The molecule has 0 aliphatic heterocycles. The van der Waals surface area contributed by atoms with Gasteiger partial charge in [0, 0.05) is 52.0 Å². The number of hydrogen-bond donors (Lipinski definition) is 0. The quantitative estimate of drug-likeness (QED) is 0.716. The number of benzene rings is 1. The van der Waals surface area contributed by atoms with Gasteiger partial charge in [0.05, 0.1) is 24.4 Å². The fourth-order valence-electron chi connectivity index (χ4n) is 2.46. The van der Waals surface area contributed by atoms with Crippen LogP contribution in [0.1, 0.15) is 5.69 Å². The highest BCUT2D eigenvalue weighted by atomic mass is 32.2. The van der Waals surface area contributed by atoms with Gasteiger partial charge in [-0.2, -0.15) is 5.10 Å². The smallest absolute Gasteiger partial charge is 0.0998 e. The van der Waals surface area contributed by atoms with Crippen LogP contribution < -0.4 is 0 Å². The molecule has 3 rings (SSSR count). The van der Waals surface area contributed by atoms with E-state index in [0.29, 0.717) is 0 Å². The zero-order valence-corrected chi connectivity index (χ0v) is 15.2. The first-order valence-corrected chi connectivity index (χ1v) is 9.31. The van der Waals surface area contributed by atoms with E-state index in [0.717, 1.165) is 33.0 Å². The predicted molar refractivity (Wildman–Crippen MR) is 98.8 cm³/mol. The van der Waals surface area contributed by atoms with Crippen molar-refractivity contribution >= 4 is 10.8 Å². The Kier molecular flexibility index (Phi) is 5.09. The maximum atomic E-state index is 11.6. The highest BCUT2D eigenvalue weighted by molar-refractivity contribution is 7.84. The minimum atomic E-state index is -0.999. The minimum Gasteiger partial charge on any atom is -0.472 e. The number of rotatable bonds is 3. The van der Waals surface area contributed by atoms with Crippen molar-refractivity contribution in [3.8, 4) is 22.4 Å². The summed E-state index contributed by atoms with van der Waals surface area (Å²) in [6.45, 7) is 1.94. The lowest BCUT2D eigenvalue weighted by molar-refractivity contribution is 0.555. The van der Waals surface area contributed by atoms with E-state index < -0.39 is 10.8 Å². The molecule has 0 saturated carbocycles. The molecule has 0 N–H and O–H groups in total. The lowest BCUT2D eigenvalue weighted by atomic mass is 10.1. The molecule has 0 aliphatic rings. The molecule has 5 nitrogen and oxygen atoms in total. The molecule has 1 unspecified atom stereocenters. The molecule has 0 aliphatic carbocycles. The largest absolute Gasteiger partial charge is 0.472 e. The van der Waals surface area contributed by atoms with Crippen LogP contribution in [0.2, 0.25) is 0 Å². The summed E-state index contributed by atoms with van der Waals surface area (Å²) >= 11 is 0. The van der Waals surface area contributed by atoms with Crippen LogP contribution in [0.3, 0.4) is 0 Å². The van der Waals surface area contributed by atoms with Crippen LogP contribution >= 0.6 is 0 Å². The van der Waals surface area contributed by atoms with Gasteiger partial charge in [-0.1, -0.05) is 12.1 Å². The minimum absolute atomic E-state index is 0.791. The third-order valence-corrected chi connectivity index (χ3v) is 4.71. The average Bonchev–Trinajstić information content (AvgIpc) is 3.05. The molecule has 3 aromatic rings. The van der Waals surface area contributed by atoms with Crippen molar-refractivity contribution in [2.24, 2.45) is 7.05 Å². The van der Waals surface area contributed by atoms with Crippen molar-refractivity contribution in [1.29, 1.82) is 0 Å². The van der Waals surface area contributed by atoms with E-state index in [1.165, 1.54) is 0 Å². The molecular weight excluding hydrogens is 334 g/mol. The fraction of sp³-hybridized carbons (Fsp3) is 0.158. The van der Waals surface area contributed by atoms with Crippen molar-refractivity contribution in [2.45, 2.75) is 11.8 Å². The van der Waals surface area contributed by atoms with Crippen LogP contribution in [0.15, 0.2) is 70.6 Å². The topological polar surface area (TPSA) is 60.9 Å². The maximum absolute atomic E-state index is 11.6. The van der Waals surface area contributed by atoms with Crippen LogP contribution in [0, 0.1) is 6.92 Å². The summed E-state index contributed by atoms with van der Waals surface area (Å²) in [4.78, 5) is 5.55. The molecule has 0 amide bonds. The van der Waals surface area contributed by atoms with E-state index in [1.54, 1.807) is 29.7 Å². The molecule has 6 heteroatoms.